The number of carbonyl (C=O) groups excluding carboxylic acids is 2. The highest BCUT2D eigenvalue weighted by molar-refractivity contribution is 5.95. The highest BCUT2D eigenvalue weighted by Gasteiger charge is 2.08. The van der Waals surface area contributed by atoms with Crippen LogP contribution in [0.5, 0.6) is 0 Å². The number of Topliss-reactive ketones (excluding diaryl/α,β-unsaturated/α-hetero) is 1. The zero-order valence-electron chi connectivity index (χ0n) is 13.6. The van der Waals surface area contributed by atoms with Gasteiger partial charge in [-0.15, -0.1) is 0 Å². The molecule has 0 aliphatic heterocycles. The number of rotatable bonds is 13. The summed E-state index contributed by atoms with van der Waals surface area (Å²) in [5, 5.41) is 0. The molecule has 0 saturated heterocycles. The average Bonchev–Trinajstić information content (AvgIpc) is 3.02. The number of carbonyl (C=O) groups is 2. The summed E-state index contributed by atoms with van der Waals surface area (Å²) in [4.78, 5) is 22.3. The molecule has 0 saturated carbocycles. The van der Waals surface area contributed by atoms with Crippen LogP contribution in [-0.2, 0) is 20.7 Å². The van der Waals surface area contributed by atoms with E-state index < -0.39 is 5.97 Å². The first kappa shape index (κ1) is 18.5. The molecule has 22 heavy (non-hydrogen) atoms. The van der Waals surface area contributed by atoms with Crippen LogP contribution in [0.3, 0.4) is 0 Å². The number of furan rings is 1. The van der Waals surface area contributed by atoms with Crippen LogP contribution in [0.4, 0.5) is 0 Å². The van der Waals surface area contributed by atoms with Crippen molar-refractivity contribution >= 4 is 11.8 Å². The molecule has 4 heteroatoms. The molecular formula is C18H28O4. The van der Waals surface area contributed by atoms with Gasteiger partial charge in [-0.1, -0.05) is 38.5 Å². The standard InChI is InChI=1S/C18H28O4/c1-21-18(20)15-16(19)11-8-6-4-2-3-5-7-9-12-17-13-10-14-22-17/h10,13-14H,2-9,11-12,15H2,1H3. The molecule has 0 aromatic carbocycles. The van der Waals surface area contributed by atoms with Crippen LogP contribution in [-0.4, -0.2) is 18.9 Å². The lowest BCUT2D eigenvalue weighted by Crippen LogP contribution is -2.08. The minimum atomic E-state index is -0.431. The van der Waals surface area contributed by atoms with E-state index in [9.17, 15) is 9.59 Å². The molecule has 1 heterocycles. The van der Waals surface area contributed by atoms with Gasteiger partial charge in [-0.05, 0) is 25.0 Å². The number of ether oxygens (including phenoxy) is 1. The van der Waals surface area contributed by atoms with Crippen molar-refractivity contribution in [2.75, 3.05) is 7.11 Å². The Labute approximate surface area is 133 Å². The maximum atomic E-state index is 11.4. The Morgan fingerprint density at radius 2 is 1.64 bits per heavy atom. The zero-order chi connectivity index (χ0) is 16.0. The van der Waals surface area contributed by atoms with Crippen LogP contribution in [0.25, 0.3) is 0 Å². The molecule has 0 aliphatic carbocycles. The molecule has 1 aromatic heterocycles. The van der Waals surface area contributed by atoms with Gasteiger partial charge in [-0.25, -0.2) is 0 Å². The molecule has 0 fully saturated rings. The van der Waals surface area contributed by atoms with Crippen molar-refractivity contribution in [3.05, 3.63) is 24.2 Å². The Morgan fingerprint density at radius 1 is 1.00 bits per heavy atom. The Morgan fingerprint density at radius 3 is 2.23 bits per heavy atom. The van der Waals surface area contributed by atoms with Gasteiger partial charge in [-0.3, -0.25) is 9.59 Å². The summed E-state index contributed by atoms with van der Waals surface area (Å²) in [7, 11) is 1.31. The van der Waals surface area contributed by atoms with Crippen LogP contribution in [0.2, 0.25) is 0 Å². The number of esters is 1. The van der Waals surface area contributed by atoms with Gasteiger partial charge in [0, 0.05) is 12.8 Å². The zero-order valence-corrected chi connectivity index (χ0v) is 13.6. The van der Waals surface area contributed by atoms with Crippen molar-refractivity contribution in [3.8, 4) is 0 Å². The van der Waals surface area contributed by atoms with E-state index in [0.717, 1.165) is 25.0 Å². The van der Waals surface area contributed by atoms with Crippen molar-refractivity contribution in [2.45, 2.75) is 70.6 Å². The van der Waals surface area contributed by atoms with Gasteiger partial charge < -0.3 is 9.15 Å². The molecule has 1 aromatic rings. The third kappa shape index (κ3) is 9.37. The van der Waals surface area contributed by atoms with Crippen LogP contribution >= 0.6 is 0 Å². The molecule has 0 N–H and O–H groups in total. The van der Waals surface area contributed by atoms with Gasteiger partial charge in [0.15, 0.2) is 0 Å². The number of hydrogen-bond acceptors (Lipinski definition) is 4. The first-order valence-electron chi connectivity index (χ1n) is 8.33. The normalized spacial score (nSPS) is 10.6. The highest BCUT2D eigenvalue weighted by atomic mass is 16.5. The maximum Gasteiger partial charge on any atom is 0.313 e. The SMILES string of the molecule is COC(=O)CC(=O)CCCCCCCCCCc1ccco1. The predicted octanol–water partition coefficient (Wildman–Crippen LogP) is 4.47. The third-order valence-corrected chi connectivity index (χ3v) is 3.78. The lowest BCUT2D eigenvalue weighted by Gasteiger charge is -2.02. The fourth-order valence-corrected chi connectivity index (χ4v) is 2.46. The molecule has 0 spiro atoms. The first-order chi connectivity index (χ1) is 10.7. The van der Waals surface area contributed by atoms with E-state index in [1.807, 2.05) is 12.1 Å². The van der Waals surface area contributed by atoms with E-state index in [2.05, 4.69) is 4.74 Å². The monoisotopic (exact) mass is 308 g/mol. The third-order valence-electron chi connectivity index (χ3n) is 3.78. The molecule has 4 nitrogen and oxygen atoms in total. The lowest BCUT2D eigenvalue weighted by molar-refractivity contribution is -0.143. The fraction of sp³-hybridized carbons (Fsp3) is 0.667. The summed E-state index contributed by atoms with van der Waals surface area (Å²) in [5.41, 5.74) is 0. The van der Waals surface area contributed by atoms with Crippen molar-refractivity contribution in [1.82, 2.24) is 0 Å². The van der Waals surface area contributed by atoms with Crippen LogP contribution in [0.1, 0.15) is 70.0 Å². The Kier molecular flexibility index (Phi) is 10.1. The molecule has 1 rings (SSSR count). The second kappa shape index (κ2) is 12.0. The molecule has 0 unspecified atom stereocenters. The molecule has 0 radical (unpaired) electrons. The molecule has 124 valence electrons. The van der Waals surface area contributed by atoms with Gasteiger partial charge >= 0.3 is 5.97 Å². The van der Waals surface area contributed by atoms with Crippen LogP contribution in [0.15, 0.2) is 22.8 Å². The van der Waals surface area contributed by atoms with Crippen molar-refractivity contribution in [3.63, 3.8) is 0 Å². The second-order valence-electron chi connectivity index (χ2n) is 5.70. The van der Waals surface area contributed by atoms with Crippen molar-refractivity contribution in [1.29, 1.82) is 0 Å². The lowest BCUT2D eigenvalue weighted by atomic mass is 10.0. The summed E-state index contributed by atoms with van der Waals surface area (Å²) < 4.78 is 9.77. The molecule has 0 atom stereocenters. The smallest absolute Gasteiger partial charge is 0.313 e. The Bertz CT molecular complexity index is 409. The van der Waals surface area contributed by atoms with Crippen LogP contribution < -0.4 is 0 Å². The summed E-state index contributed by atoms with van der Waals surface area (Å²) >= 11 is 0. The fourth-order valence-electron chi connectivity index (χ4n) is 2.46. The number of methoxy groups -OCH3 is 1. The van der Waals surface area contributed by atoms with Gasteiger partial charge in [0.05, 0.1) is 13.4 Å². The number of ketones is 1. The van der Waals surface area contributed by atoms with Crippen LogP contribution in [0, 0.1) is 0 Å². The highest BCUT2D eigenvalue weighted by Crippen LogP contribution is 2.12. The molecule has 0 amide bonds. The average molecular weight is 308 g/mol. The summed E-state index contributed by atoms with van der Waals surface area (Å²) in [6, 6.07) is 3.97. The largest absolute Gasteiger partial charge is 0.469 e. The molecular weight excluding hydrogens is 280 g/mol. The second-order valence-corrected chi connectivity index (χ2v) is 5.70. The summed E-state index contributed by atoms with van der Waals surface area (Å²) in [6.45, 7) is 0. The molecule has 0 aliphatic rings. The summed E-state index contributed by atoms with van der Waals surface area (Å²) in [5.74, 6) is 0.640. The number of unbranched alkanes of at least 4 members (excludes halogenated alkanes) is 7. The van der Waals surface area contributed by atoms with Gasteiger partial charge in [0.25, 0.3) is 0 Å². The van der Waals surface area contributed by atoms with Gasteiger partial charge in [0.1, 0.15) is 18.0 Å². The predicted molar refractivity (Wildman–Crippen MR) is 85.6 cm³/mol. The van der Waals surface area contributed by atoms with Gasteiger partial charge in [0.2, 0.25) is 0 Å². The topological polar surface area (TPSA) is 56.5 Å². The minimum absolute atomic E-state index is 0.00947. The first-order valence-corrected chi connectivity index (χ1v) is 8.33. The van der Waals surface area contributed by atoms with E-state index in [1.165, 1.54) is 45.6 Å². The van der Waals surface area contributed by atoms with Gasteiger partial charge in [-0.2, -0.15) is 0 Å². The quantitative estimate of drug-likeness (QED) is 0.306. The summed E-state index contributed by atoms with van der Waals surface area (Å²) in [6.07, 6.45) is 12.5. The number of aryl methyl sites for hydroxylation is 1. The maximum absolute atomic E-state index is 11.4. The van der Waals surface area contributed by atoms with E-state index in [4.69, 9.17) is 4.42 Å². The Hall–Kier alpha value is -1.58. The minimum Gasteiger partial charge on any atom is -0.469 e. The van der Waals surface area contributed by atoms with Crippen molar-refractivity contribution < 1.29 is 18.7 Å². The Balaban J connectivity index is 1.81. The molecule has 0 bridgehead atoms. The van der Waals surface area contributed by atoms with E-state index >= 15 is 0 Å². The number of hydrogen-bond donors (Lipinski definition) is 0. The van der Waals surface area contributed by atoms with E-state index in [1.54, 1.807) is 6.26 Å². The van der Waals surface area contributed by atoms with E-state index in [-0.39, 0.29) is 12.2 Å². The van der Waals surface area contributed by atoms with Crippen molar-refractivity contribution in [2.24, 2.45) is 0 Å². The van der Waals surface area contributed by atoms with E-state index in [0.29, 0.717) is 6.42 Å².